The lowest BCUT2D eigenvalue weighted by atomic mass is 9.67. The first-order valence-electron chi connectivity index (χ1n) is 6.92. The van der Waals surface area contributed by atoms with Crippen LogP contribution in [0.2, 0.25) is 0 Å². The monoisotopic (exact) mass is 232 g/mol. The minimum absolute atomic E-state index is 0.451. The van der Waals surface area contributed by atoms with Crippen LogP contribution in [0.4, 0.5) is 0 Å². The fourth-order valence-corrected chi connectivity index (χ4v) is 3.82. The van der Waals surface area contributed by atoms with Crippen molar-refractivity contribution in [3.8, 4) is 0 Å². The van der Waals surface area contributed by atoms with Crippen molar-refractivity contribution in [3.63, 3.8) is 0 Å². The van der Waals surface area contributed by atoms with Crippen molar-refractivity contribution in [2.24, 2.45) is 5.92 Å². The molecule has 1 saturated heterocycles. The summed E-state index contributed by atoms with van der Waals surface area (Å²) >= 11 is 0. The lowest BCUT2D eigenvalue weighted by Crippen LogP contribution is -2.95. The number of aliphatic hydroxyl groups is 1. The van der Waals surface area contributed by atoms with Gasteiger partial charge in [0.2, 0.25) is 0 Å². The van der Waals surface area contributed by atoms with Gasteiger partial charge in [0.1, 0.15) is 5.60 Å². The molecule has 1 aliphatic carbocycles. The first-order chi connectivity index (χ1) is 8.31. The van der Waals surface area contributed by atoms with Gasteiger partial charge in [-0.05, 0) is 24.8 Å². The molecule has 1 heterocycles. The average molecular weight is 232 g/mol. The second kappa shape index (κ2) is 4.43. The maximum Gasteiger partial charge on any atom is 0.103 e. The third kappa shape index (κ3) is 1.90. The molecule has 0 radical (unpaired) electrons. The van der Waals surface area contributed by atoms with Gasteiger partial charge >= 0.3 is 0 Å². The molecule has 0 unspecified atom stereocenters. The minimum atomic E-state index is -0.568. The van der Waals surface area contributed by atoms with Crippen LogP contribution in [-0.2, 0) is 5.60 Å². The van der Waals surface area contributed by atoms with Gasteiger partial charge in [-0.1, -0.05) is 36.8 Å². The molecule has 1 saturated carbocycles. The Morgan fingerprint density at radius 3 is 2.71 bits per heavy atom. The van der Waals surface area contributed by atoms with Crippen molar-refractivity contribution in [2.75, 3.05) is 6.54 Å². The second-order valence-corrected chi connectivity index (χ2v) is 5.62. The molecule has 17 heavy (non-hydrogen) atoms. The largest absolute Gasteiger partial charge is 0.384 e. The number of nitrogens with two attached hydrogens (primary N) is 1. The number of benzene rings is 1. The number of piperidine rings is 1. The van der Waals surface area contributed by atoms with E-state index in [0.717, 1.165) is 18.5 Å². The van der Waals surface area contributed by atoms with Crippen LogP contribution < -0.4 is 5.32 Å². The van der Waals surface area contributed by atoms with Gasteiger partial charge in [-0.15, -0.1) is 0 Å². The Hall–Kier alpha value is -0.860. The summed E-state index contributed by atoms with van der Waals surface area (Å²) in [5.74, 6) is 0.451. The summed E-state index contributed by atoms with van der Waals surface area (Å²) in [6.45, 7) is 1.06. The van der Waals surface area contributed by atoms with Crippen LogP contribution >= 0.6 is 0 Å². The van der Waals surface area contributed by atoms with E-state index in [0.29, 0.717) is 12.0 Å². The van der Waals surface area contributed by atoms with Crippen molar-refractivity contribution in [3.05, 3.63) is 35.9 Å². The summed E-state index contributed by atoms with van der Waals surface area (Å²) in [6, 6.07) is 10.9. The molecule has 2 aliphatic rings. The Bertz CT molecular complexity index is 376. The van der Waals surface area contributed by atoms with Gasteiger partial charge in [0.05, 0.1) is 12.6 Å². The SMILES string of the molecule is O[C@@]1(c2ccccc2)CC[NH2+][C@H]2CCCC[C@@H]21. The molecule has 3 N–H and O–H groups in total. The molecule has 3 rings (SSSR count). The third-order valence-electron chi connectivity index (χ3n) is 4.70. The molecule has 3 atom stereocenters. The minimum Gasteiger partial charge on any atom is -0.384 e. The zero-order valence-electron chi connectivity index (χ0n) is 10.3. The predicted molar refractivity (Wildman–Crippen MR) is 67.5 cm³/mol. The van der Waals surface area contributed by atoms with Gasteiger partial charge in [-0.25, -0.2) is 0 Å². The van der Waals surface area contributed by atoms with Crippen LogP contribution in [0.1, 0.15) is 37.7 Å². The van der Waals surface area contributed by atoms with Gasteiger partial charge in [0.15, 0.2) is 0 Å². The standard InChI is InChI=1S/C15H21NO/c17-15(12-6-2-1-3-7-12)10-11-16-14-9-5-4-8-13(14)15/h1-3,6-7,13-14,16-17H,4-5,8-11H2/p+1/t13-,14-,15+/m0/s1. The van der Waals surface area contributed by atoms with E-state index in [4.69, 9.17) is 0 Å². The van der Waals surface area contributed by atoms with Crippen molar-refractivity contribution < 1.29 is 10.4 Å². The molecule has 0 bridgehead atoms. The summed E-state index contributed by atoms with van der Waals surface area (Å²) in [4.78, 5) is 0. The van der Waals surface area contributed by atoms with Gasteiger partial charge in [-0.2, -0.15) is 0 Å². The summed E-state index contributed by atoms with van der Waals surface area (Å²) in [5.41, 5.74) is 0.561. The van der Waals surface area contributed by atoms with E-state index in [1.54, 1.807) is 0 Å². The quantitative estimate of drug-likeness (QED) is 0.754. The molecule has 0 amide bonds. The number of rotatable bonds is 1. The van der Waals surface area contributed by atoms with Crippen LogP contribution in [-0.4, -0.2) is 17.7 Å². The molecule has 2 nitrogen and oxygen atoms in total. The van der Waals surface area contributed by atoms with Gasteiger partial charge < -0.3 is 10.4 Å². The van der Waals surface area contributed by atoms with Crippen LogP contribution in [0.5, 0.6) is 0 Å². The predicted octanol–water partition coefficient (Wildman–Crippen LogP) is 1.40. The Morgan fingerprint density at radius 2 is 1.88 bits per heavy atom. The number of hydrogen-bond donors (Lipinski definition) is 2. The molecule has 0 spiro atoms. The first kappa shape index (κ1) is 11.2. The second-order valence-electron chi connectivity index (χ2n) is 5.62. The Balaban J connectivity index is 1.94. The van der Waals surface area contributed by atoms with Gasteiger partial charge in [0.25, 0.3) is 0 Å². The van der Waals surface area contributed by atoms with Crippen molar-refractivity contribution in [2.45, 2.75) is 43.7 Å². The highest BCUT2D eigenvalue weighted by Crippen LogP contribution is 2.41. The highest BCUT2D eigenvalue weighted by molar-refractivity contribution is 5.24. The molecule has 0 aromatic heterocycles. The Kier molecular flexibility index (Phi) is 2.93. The number of fused-ring (bicyclic) bond motifs is 1. The maximum atomic E-state index is 11.1. The molecule has 1 aromatic rings. The zero-order valence-corrected chi connectivity index (χ0v) is 10.3. The maximum absolute atomic E-state index is 11.1. The average Bonchev–Trinajstić information content (AvgIpc) is 2.40. The van der Waals surface area contributed by atoms with Crippen molar-refractivity contribution in [1.29, 1.82) is 0 Å². The van der Waals surface area contributed by atoms with Crippen LogP contribution in [0.3, 0.4) is 0 Å². The third-order valence-corrected chi connectivity index (χ3v) is 4.70. The summed E-state index contributed by atoms with van der Waals surface area (Å²) < 4.78 is 0. The highest BCUT2D eigenvalue weighted by atomic mass is 16.3. The van der Waals surface area contributed by atoms with Crippen molar-refractivity contribution in [1.82, 2.24) is 0 Å². The van der Waals surface area contributed by atoms with Crippen molar-refractivity contribution >= 4 is 0 Å². The van der Waals surface area contributed by atoms with E-state index in [1.807, 2.05) is 18.2 Å². The van der Waals surface area contributed by atoms with Gasteiger partial charge in [-0.3, -0.25) is 0 Å². The molecular formula is C15H22NO+. The van der Waals surface area contributed by atoms with E-state index < -0.39 is 5.60 Å². The Morgan fingerprint density at radius 1 is 1.12 bits per heavy atom. The van der Waals surface area contributed by atoms with Crippen LogP contribution in [0.25, 0.3) is 0 Å². The fraction of sp³-hybridized carbons (Fsp3) is 0.600. The van der Waals surface area contributed by atoms with E-state index in [-0.39, 0.29) is 0 Å². The summed E-state index contributed by atoms with van der Waals surface area (Å²) in [6.07, 6.45) is 5.98. The summed E-state index contributed by atoms with van der Waals surface area (Å²) in [7, 11) is 0. The normalized spacial score (nSPS) is 37.5. The topological polar surface area (TPSA) is 36.8 Å². The smallest absolute Gasteiger partial charge is 0.103 e. The van der Waals surface area contributed by atoms with E-state index in [2.05, 4.69) is 17.4 Å². The lowest BCUT2D eigenvalue weighted by molar-refractivity contribution is -0.715. The highest BCUT2D eigenvalue weighted by Gasteiger charge is 2.48. The first-order valence-corrected chi connectivity index (χ1v) is 6.92. The van der Waals surface area contributed by atoms with Crippen LogP contribution in [0, 0.1) is 5.92 Å². The Labute approximate surface area is 103 Å². The number of quaternary nitrogens is 1. The molecule has 1 aliphatic heterocycles. The van der Waals surface area contributed by atoms with E-state index in [9.17, 15) is 5.11 Å². The fourth-order valence-electron chi connectivity index (χ4n) is 3.82. The molecular weight excluding hydrogens is 210 g/mol. The molecule has 2 heteroatoms. The lowest BCUT2D eigenvalue weighted by Gasteiger charge is -2.45. The number of hydrogen-bond acceptors (Lipinski definition) is 1. The van der Waals surface area contributed by atoms with Gasteiger partial charge in [0, 0.05) is 12.3 Å². The molecule has 1 aromatic carbocycles. The molecule has 2 fully saturated rings. The van der Waals surface area contributed by atoms with E-state index >= 15 is 0 Å². The van der Waals surface area contributed by atoms with Crippen LogP contribution in [0.15, 0.2) is 30.3 Å². The summed E-state index contributed by atoms with van der Waals surface area (Å²) in [5, 5.41) is 13.6. The van der Waals surface area contributed by atoms with E-state index in [1.165, 1.54) is 25.7 Å². The molecule has 92 valence electrons. The zero-order chi connectivity index (χ0) is 11.7.